The molecular formula is C15H13NO3S. The molecule has 1 aliphatic rings. The molecule has 2 unspecified atom stereocenters. The number of carboxylic acids is 1. The Morgan fingerprint density at radius 1 is 1.20 bits per heavy atom. The highest BCUT2D eigenvalue weighted by Crippen LogP contribution is 2.48. The van der Waals surface area contributed by atoms with Crippen molar-refractivity contribution in [2.45, 2.75) is 12.3 Å². The van der Waals surface area contributed by atoms with Gasteiger partial charge in [-0.25, -0.2) is 4.79 Å². The van der Waals surface area contributed by atoms with Gasteiger partial charge in [0.1, 0.15) is 4.88 Å². The van der Waals surface area contributed by atoms with E-state index in [1.165, 1.54) is 0 Å². The van der Waals surface area contributed by atoms with Crippen molar-refractivity contribution in [1.82, 2.24) is 0 Å². The minimum absolute atomic E-state index is 0.0565. The van der Waals surface area contributed by atoms with Crippen molar-refractivity contribution in [3.05, 3.63) is 52.2 Å². The molecule has 2 N–H and O–H groups in total. The minimum atomic E-state index is -1.01. The highest BCUT2D eigenvalue weighted by Gasteiger charge is 2.44. The molecule has 1 saturated carbocycles. The second-order valence-electron chi connectivity index (χ2n) is 4.82. The van der Waals surface area contributed by atoms with Crippen LogP contribution < -0.4 is 5.32 Å². The van der Waals surface area contributed by atoms with Gasteiger partial charge in [-0.3, -0.25) is 4.79 Å². The number of benzene rings is 1. The number of rotatable bonds is 4. The Bertz CT molecular complexity index is 650. The molecule has 1 fully saturated rings. The number of aromatic carboxylic acids is 1. The molecule has 1 aliphatic carbocycles. The van der Waals surface area contributed by atoms with Crippen LogP contribution in [0.25, 0.3) is 0 Å². The van der Waals surface area contributed by atoms with E-state index < -0.39 is 5.97 Å². The molecule has 1 aromatic carbocycles. The van der Waals surface area contributed by atoms with Gasteiger partial charge in [-0.05, 0) is 29.3 Å². The first kappa shape index (κ1) is 12.9. The van der Waals surface area contributed by atoms with Gasteiger partial charge in [-0.2, -0.15) is 0 Å². The van der Waals surface area contributed by atoms with Crippen molar-refractivity contribution in [2.75, 3.05) is 5.32 Å². The summed E-state index contributed by atoms with van der Waals surface area (Å²) in [5, 5.41) is 13.4. The van der Waals surface area contributed by atoms with Crippen molar-refractivity contribution in [2.24, 2.45) is 5.92 Å². The number of anilines is 1. The van der Waals surface area contributed by atoms with Crippen LogP contribution in [0, 0.1) is 5.92 Å². The van der Waals surface area contributed by atoms with Crippen LogP contribution in [0.5, 0.6) is 0 Å². The van der Waals surface area contributed by atoms with Crippen LogP contribution in [0.3, 0.4) is 0 Å². The largest absolute Gasteiger partial charge is 0.477 e. The van der Waals surface area contributed by atoms with E-state index in [9.17, 15) is 9.59 Å². The van der Waals surface area contributed by atoms with Crippen molar-refractivity contribution >= 4 is 28.9 Å². The molecule has 3 rings (SSSR count). The van der Waals surface area contributed by atoms with E-state index in [0.717, 1.165) is 23.3 Å². The number of carboxylic acid groups (broad SMARTS) is 1. The molecule has 5 heteroatoms. The van der Waals surface area contributed by atoms with Crippen LogP contribution in [0.1, 0.15) is 27.6 Å². The summed E-state index contributed by atoms with van der Waals surface area (Å²) in [6.07, 6.45) is 0.822. The number of thiophene rings is 1. The van der Waals surface area contributed by atoms with Gasteiger partial charge in [-0.1, -0.05) is 30.3 Å². The zero-order valence-electron chi connectivity index (χ0n) is 10.6. The van der Waals surface area contributed by atoms with Gasteiger partial charge in [0, 0.05) is 5.92 Å². The molecule has 2 atom stereocenters. The van der Waals surface area contributed by atoms with Crippen LogP contribution in [-0.2, 0) is 4.79 Å². The van der Waals surface area contributed by atoms with Crippen molar-refractivity contribution < 1.29 is 14.7 Å². The number of hydrogen-bond donors (Lipinski definition) is 2. The summed E-state index contributed by atoms with van der Waals surface area (Å²) >= 11 is 1.11. The molecule has 1 aromatic heterocycles. The summed E-state index contributed by atoms with van der Waals surface area (Å²) in [6.45, 7) is 0. The smallest absolute Gasteiger partial charge is 0.348 e. The van der Waals surface area contributed by atoms with Crippen LogP contribution in [0.15, 0.2) is 41.8 Å². The van der Waals surface area contributed by atoms with Gasteiger partial charge in [0.05, 0.1) is 5.69 Å². The van der Waals surface area contributed by atoms with Crippen molar-refractivity contribution in [1.29, 1.82) is 0 Å². The van der Waals surface area contributed by atoms with E-state index in [1.807, 2.05) is 30.3 Å². The fraction of sp³-hybridized carbons (Fsp3) is 0.200. The lowest BCUT2D eigenvalue weighted by Crippen LogP contribution is -2.15. The summed E-state index contributed by atoms with van der Waals surface area (Å²) < 4.78 is 0. The van der Waals surface area contributed by atoms with E-state index in [-0.39, 0.29) is 22.6 Å². The van der Waals surface area contributed by atoms with Crippen molar-refractivity contribution in [3.63, 3.8) is 0 Å². The first-order valence-electron chi connectivity index (χ1n) is 6.33. The number of amides is 1. The fourth-order valence-electron chi connectivity index (χ4n) is 2.35. The summed E-state index contributed by atoms with van der Waals surface area (Å²) in [7, 11) is 0. The monoisotopic (exact) mass is 287 g/mol. The minimum Gasteiger partial charge on any atom is -0.477 e. The van der Waals surface area contributed by atoms with Crippen LogP contribution >= 0.6 is 11.3 Å². The number of nitrogens with one attached hydrogen (secondary N) is 1. The standard InChI is InChI=1S/C15H13NO3S/c17-14(16-12-6-7-20-13(12)15(18)19)11-8-10(11)9-4-2-1-3-5-9/h1-7,10-11H,8H2,(H,16,17)(H,18,19). The predicted octanol–water partition coefficient (Wildman–Crippen LogP) is 3.19. The van der Waals surface area contributed by atoms with Crippen LogP contribution in [-0.4, -0.2) is 17.0 Å². The molecular weight excluding hydrogens is 274 g/mol. The normalized spacial score (nSPS) is 20.4. The second kappa shape index (κ2) is 5.09. The molecule has 0 bridgehead atoms. The second-order valence-corrected chi connectivity index (χ2v) is 5.73. The fourth-order valence-corrected chi connectivity index (χ4v) is 3.04. The van der Waals surface area contributed by atoms with Gasteiger partial charge < -0.3 is 10.4 Å². The molecule has 20 heavy (non-hydrogen) atoms. The first-order valence-corrected chi connectivity index (χ1v) is 7.21. The third-order valence-corrected chi connectivity index (χ3v) is 4.37. The summed E-state index contributed by atoms with van der Waals surface area (Å²) in [5.41, 5.74) is 1.56. The molecule has 0 saturated heterocycles. The molecule has 4 nitrogen and oxygen atoms in total. The molecule has 0 spiro atoms. The quantitative estimate of drug-likeness (QED) is 0.907. The third kappa shape index (κ3) is 2.44. The van der Waals surface area contributed by atoms with Crippen molar-refractivity contribution in [3.8, 4) is 0 Å². The topological polar surface area (TPSA) is 66.4 Å². The molecule has 2 aromatic rings. The maximum Gasteiger partial charge on any atom is 0.348 e. The average molecular weight is 287 g/mol. The van der Waals surface area contributed by atoms with Crippen LogP contribution in [0.2, 0.25) is 0 Å². The summed E-state index contributed by atoms with van der Waals surface area (Å²) in [5.74, 6) is -0.910. The number of hydrogen-bond acceptors (Lipinski definition) is 3. The first-order chi connectivity index (χ1) is 9.66. The maximum atomic E-state index is 12.1. The Labute approximate surface area is 120 Å². The Kier molecular flexibility index (Phi) is 3.28. The Morgan fingerprint density at radius 2 is 1.95 bits per heavy atom. The number of carbonyl (C=O) groups is 2. The number of carbonyl (C=O) groups excluding carboxylic acids is 1. The zero-order chi connectivity index (χ0) is 14.1. The van der Waals surface area contributed by atoms with Gasteiger partial charge >= 0.3 is 5.97 Å². The lowest BCUT2D eigenvalue weighted by Gasteiger charge is -2.04. The Balaban J connectivity index is 1.67. The molecule has 0 radical (unpaired) electrons. The van der Waals surface area contributed by atoms with E-state index in [1.54, 1.807) is 11.4 Å². The predicted molar refractivity (Wildman–Crippen MR) is 77.2 cm³/mol. The maximum absolute atomic E-state index is 12.1. The molecule has 102 valence electrons. The van der Waals surface area contributed by atoms with E-state index in [4.69, 9.17) is 5.11 Å². The Morgan fingerprint density at radius 3 is 2.65 bits per heavy atom. The van der Waals surface area contributed by atoms with E-state index in [2.05, 4.69) is 5.32 Å². The lowest BCUT2D eigenvalue weighted by atomic mass is 10.1. The summed E-state index contributed by atoms with van der Waals surface area (Å²) in [4.78, 5) is 23.3. The SMILES string of the molecule is O=C(O)c1sccc1NC(=O)C1CC1c1ccccc1. The lowest BCUT2D eigenvalue weighted by molar-refractivity contribution is -0.117. The van der Waals surface area contributed by atoms with Gasteiger partial charge in [0.25, 0.3) is 0 Å². The molecule has 1 heterocycles. The van der Waals surface area contributed by atoms with Crippen LogP contribution in [0.4, 0.5) is 5.69 Å². The van der Waals surface area contributed by atoms with Gasteiger partial charge in [0.2, 0.25) is 5.91 Å². The summed E-state index contributed by atoms with van der Waals surface area (Å²) in [6, 6.07) is 11.5. The zero-order valence-corrected chi connectivity index (χ0v) is 11.4. The van der Waals surface area contributed by atoms with Gasteiger partial charge in [0.15, 0.2) is 0 Å². The van der Waals surface area contributed by atoms with Gasteiger partial charge in [-0.15, -0.1) is 11.3 Å². The average Bonchev–Trinajstić information content (AvgIpc) is 3.12. The Hall–Kier alpha value is -2.14. The molecule has 1 amide bonds. The third-order valence-electron chi connectivity index (χ3n) is 3.47. The van der Waals surface area contributed by atoms with E-state index >= 15 is 0 Å². The van der Waals surface area contributed by atoms with E-state index in [0.29, 0.717) is 5.69 Å². The highest BCUT2D eigenvalue weighted by atomic mass is 32.1. The highest BCUT2D eigenvalue weighted by molar-refractivity contribution is 7.12. The molecule has 0 aliphatic heterocycles.